The molecule has 0 aliphatic carbocycles. The van der Waals surface area contributed by atoms with Crippen LogP contribution in [0.5, 0.6) is 0 Å². The van der Waals surface area contributed by atoms with Crippen molar-refractivity contribution < 1.29 is 14.0 Å². The number of hydrazone groups is 1. The molecule has 1 N–H and O–H groups in total. The molecule has 4 aromatic rings. The van der Waals surface area contributed by atoms with Crippen LogP contribution in [0.25, 0.3) is 10.2 Å². The lowest BCUT2D eigenvalue weighted by molar-refractivity contribution is -0.121. The number of carbonyl (C=O) groups excluding carboxylic acids is 2. The molecule has 7 nitrogen and oxygen atoms in total. The lowest BCUT2D eigenvalue weighted by Crippen LogP contribution is -2.38. The molecule has 0 radical (unpaired) electrons. The van der Waals surface area contributed by atoms with Crippen molar-refractivity contribution in [1.29, 1.82) is 0 Å². The average Bonchev–Trinajstić information content (AvgIpc) is 3.50. The zero-order chi connectivity index (χ0) is 21.2. The summed E-state index contributed by atoms with van der Waals surface area (Å²) >= 11 is 1.59. The molecule has 1 aromatic carbocycles. The van der Waals surface area contributed by atoms with Crippen LogP contribution in [0.2, 0.25) is 0 Å². The van der Waals surface area contributed by atoms with Crippen LogP contribution in [-0.4, -0.2) is 40.2 Å². The Bertz CT molecular complexity index is 1250. The number of benzene rings is 1. The van der Waals surface area contributed by atoms with Gasteiger partial charge < -0.3 is 14.3 Å². The fourth-order valence-electron chi connectivity index (χ4n) is 3.69. The van der Waals surface area contributed by atoms with Crippen LogP contribution >= 0.6 is 11.3 Å². The van der Waals surface area contributed by atoms with Crippen LogP contribution in [0.3, 0.4) is 0 Å². The highest BCUT2D eigenvalue weighted by atomic mass is 32.1. The number of thiophene rings is 1. The maximum atomic E-state index is 13.3. The molecule has 0 atom stereocenters. The van der Waals surface area contributed by atoms with Gasteiger partial charge in [-0.1, -0.05) is 30.3 Å². The van der Waals surface area contributed by atoms with E-state index in [9.17, 15) is 9.59 Å². The first-order chi connectivity index (χ1) is 15.2. The van der Waals surface area contributed by atoms with Crippen LogP contribution < -0.4 is 5.32 Å². The highest BCUT2D eigenvalue weighted by Gasteiger charge is 2.28. The number of aromatic nitrogens is 1. The number of furan rings is 1. The fraction of sp³-hybridized carbons (Fsp3) is 0.174. The Morgan fingerprint density at radius 3 is 2.84 bits per heavy atom. The minimum Gasteiger partial charge on any atom is -0.469 e. The van der Waals surface area contributed by atoms with Crippen molar-refractivity contribution in [2.24, 2.45) is 5.10 Å². The number of carbonyl (C=O) groups is 2. The minimum absolute atomic E-state index is 0.147. The second kappa shape index (κ2) is 8.23. The maximum absolute atomic E-state index is 13.3. The number of hydrogen-bond donors (Lipinski definition) is 1. The SMILES string of the molecule is O=C(CN1N=C(c2ccccc2)Cn2c(cc3sccc32)C1=O)NCCc1ccco1. The number of rotatable bonds is 6. The monoisotopic (exact) mass is 432 g/mol. The topological polar surface area (TPSA) is 79.8 Å². The molecule has 8 heteroatoms. The molecule has 31 heavy (non-hydrogen) atoms. The molecule has 2 amide bonds. The number of fused-ring (bicyclic) bond motifs is 3. The van der Waals surface area contributed by atoms with E-state index in [0.29, 0.717) is 25.2 Å². The molecule has 4 heterocycles. The van der Waals surface area contributed by atoms with Crippen LogP contribution in [0, 0.1) is 0 Å². The van der Waals surface area contributed by atoms with Crippen molar-refractivity contribution in [1.82, 2.24) is 14.9 Å². The Kier molecular flexibility index (Phi) is 5.13. The molecule has 0 spiro atoms. The highest BCUT2D eigenvalue weighted by molar-refractivity contribution is 7.17. The lowest BCUT2D eigenvalue weighted by atomic mass is 10.1. The molecule has 156 valence electrons. The molecule has 5 rings (SSSR count). The summed E-state index contributed by atoms with van der Waals surface area (Å²) in [6, 6.07) is 17.3. The summed E-state index contributed by atoms with van der Waals surface area (Å²) in [7, 11) is 0. The third-order valence-electron chi connectivity index (χ3n) is 5.20. The van der Waals surface area contributed by atoms with E-state index in [1.165, 1.54) is 5.01 Å². The first-order valence-corrected chi connectivity index (χ1v) is 10.9. The van der Waals surface area contributed by atoms with E-state index in [1.807, 2.05) is 64.5 Å². The molecule has 0 unspecified atom stereocenters. The average molecular weight is 433 g/mol. The van der Waals surface area contributed by atoms with Gasteiger partial charge in [-0.15, -0.1) is 11.3 Å². The molecule has 0 bridgehead atoms. The van der Waals surface area contributed by atoms with Crippen LogP contribution in [-0.2, 0) is 17.8 Å². The van der Waals surface area contributed by atoms with Crippen LogP contribution in [0.15, 0.2) is 75.8 Å². The third kappa shape index (κ3) is 3.89. The largest absolute Gasteiger partial charge is 0.469 e. The zero-order valence-electron chi connectivity index (χ0n) is 16.7. The van der Waals surface area contributed by atoms with E-state index >= 15 is 0 Å². The summed E-state index contributed by atoms with van der Waals surface area (Å²) in [5, 5.41) is 10.7. The number of amides is 2. The number of nitrogens with one attached hydrogen (secondary N) is 1. The Morgan fingerprint density at radius 1 is 1.16 bits per heavy atom. The second-order valence-electron chi connectivity index (χ2n) is 7.24. The molecule has 0 fully saturated rings. The lowest BCUT2D eigenvalue weighted by Gasteiger charge is -2.16. The summed E-state index contributed by atoms with van der Waals surface area (Å²) in [6.45, 7) is 0.740. The van der Waals surface area contributed by atoms with E-state index in [1.54, 1.807) is 17.6 Å². The summed E-state index contributed by atoms with van der Waals surface area (Å²) in [4.78, 5) is 25.9. The van der Waals surface area contributed by atoms with Gasteiger partial charge in [0.2, 0.25) is 5.91 Å². The summed E-state index contributed by atoms with van der Waals surface area (Å²) < 4.78 is 8.31. The Hall–Kier alpha value is -3.65. The molecule has 3 aromatic heterocycles. The van der Waals surface area contributed by atoms with Crippen LogP contribution in [0.4, 0.5) is 0 Å². The summed E-state index contributed by atoms with van der Waals surface area (Å²) in [5.74, 6) is 0.252. The van der Waals surface area contributed by atoms with E-state index in [-0.39, 0.29) is 18.4 Å². The first kappa shape index (κ1) is 19.3. The number of hydrogen-bond acceptors (Lipinski definition) is 5. The Morgan fingerprint density at radius 2 is 2.03 bits per heavy atom. The van der Waals surface area contributed by atoms with Crippen molar-refractivity contribution in [2.45, 2.75) is 13.0 Å². The fourth-order valence-corrected chi connectivity index (χ4v) is 4.51. The predicted octanol–water partition coefficient (Wildman–Crippen LogP) is 3.51. The maximum Gasteiger partial charge on any atom is 0.291 e. The summed E-state index contributed by atoms with van der Waals surface area (Å²) in [6.07, 6.45) is 2.19. The highest BCUT2D eigenvalue weighted by Crippen LogP contribution is 2.28. The van der Waals surface area contributed by atoms with Gasteiger partial charge in [-0.05, 0) is 35.2 Å². The first-order valence-electron chi connectivity index (χ1n) is 9.99. The van der Waals surface area contributed by atoms with Gasteiger partial charge in [0.05, 0.1) is 28.7 Å². The van der Waals surface area contributed by atoms with Gasteiger partial charge in [0.15, 0.2) is 0 Å². The molecular weight excluding hydrogens is 412 g/mol. The molecular formula is C23H20N4O3S. The van der Waals surface area contributed by atoms with Crippen molar-refractivity contribution in [3.8, 4) is 0 Å². The molecule has 1 aliphatic rings. The van der Waals surface area contributed by atoms with E-state index in [2.05, 4.69) is 10.4 Å². The smallest absolute Gasteiger partial charge is 0.291 e. The van der Waals surface area contributed by atoms with Gasteiger partial charge in [-0.2, -0.15) is 5.10 Å². The van der Waals surface area contributed by atoms with Gasteiger partial charge in [0.1, 0.15) is 18.0 Å². The van der Waals surface area contributed by atoms with Crippen molar-refractivity contribution >= 4 is 39.1 Å². The van der Waals surface area contributed by atoms with Crippen molar-refractivity contribution in [2.75, 3.05) is 13.1 Å². The zero-order valence-corrected chi connectivity index (χ0v) is 17.5. The Balaban J connectivity index is 1.41. The third-order valence-corrected chi connectivity index (χ3v) is 6.05. The normalized spacial score (nSPS) is 13.7. The summed E-state index contributed by atoms with van der Waals surface area (Å²) in [5.41, 5.74) is 3.20. The molecule has 0 saturated heterocycles. The Labute approximate surface area is 182 Å². The van der Waals surface area contributed by atoms with E-state index in [0.717, 1.165) is 27.3 Å². The van der Waals surface area contributed by atoms with Gasteiger partial charge in [0.25, 0.3) is 5.91 Å². The number of nitrogens with zero attached hydrogens (tertiary/aromatic N) is 3. The van der Waals surface area contributed by atoms with Gasteiger partial charge in [-0.3, -0.25) is 9.59 Å². The van der Waals surface area contributed by atoms with Gasteiger partial charge in [0, 0.05) is 13.0 Å². The predicted molar refractivity (Wildman–Crippen MR) is 119 cm³/mol. The van der Waals surface area contributed by atoms with E-state index in [4.69, 9.17) is 4.42 Å². The van der Waals surface area contributed by atoms with Crippen molar-refractivity contribution in [3.63, 3.8) is 0 Å². The quantitative estimate of drug-likeness (QED) is 0.506. The van der Waals surface area contributed by atoms with E-state index < -0.39 is 0 Å². The minimum atomic E-state index is -0.282. The van der Waals surface area contributed by atoms with Gasteiger partial charge >= 0.3 is 0 Å². The molecule has 1 aliphatic heterocycles. The second-order valence-corrected chi connectivity index (χ2v) is 8.19. The van der Waals surface area contributed by atoms with Crippen molar-refractivity contribution in [3.05, 3.63) is 83.3 Å². The van der Waals surface area contributed by atoms with Gasteiger partial charge in [-0.25, -0.2) is 5.01 Å². The van der Waals surface area contributed by atoms with Crippen LogP contribution in [0.1, 0.15) is 21.8 Å². The molecule has 0 saturated carbocycles. The standard InChI is InChI=1S/C23H20N4O3S/c28-22(24-10-8-17-7-4-11-30-17)15-27-23(29)20-13-21-19(9-12-31-21)26(20)14-18(25-27)16-5-2-1-3-6-16/h1-7,9,11-13H,8,10,14-15H2,(H,24,28).